The number of hydrogen-bond donors (Lipinski definition) is 0. The van der Waals surface area contributed by atoms with Gasteiger partial charge < -0.3 is 4.90 Å². The van der Waals surface area contributed by atoms with Gasteiger partial charge in [-0.25, -0.2) is 14.0 Å². The molecule has 2 amide bonds. The Bertz CT molecular complexity index is 228. The average molecular weight is 184 g/mol. The molecule has 0 unspecified atom stereocenters. The highest BCUT2D eigenvalue weighted by atomic mass is 31.2. The van der Waals surface area contributed by atoms with Gasteiger partial charge in [0.05, 0.1) is 6.54 Å². The highest BCUT2D eigenvalue weighted by Crippen LogP contribution is 2.54. The first-order chi connectivity index (χ1) is 4.93. The van der Waals surface area contributed by atoms with Gasteiger partial charge in [0.15, 0.2) is 0 Å². The van der Waals surface area contributed by atoms with Crippen LogP contribution in [0.1, 0.15) is 0 Å². The topological polar surface area (TPSA) is 40.6 Å². The molecule has 0 bridgehead atoms. The van der Waals surface area contributed by atoms with E-state index in [0.717, 1.165) is 4.90 Å². The van der Waals surface area contributed by atoms with Crippen molar-refractivity contribution in [1.82, 2.24) is 9.57 Å². The lowest BCUT2D eigenvalue weighted by Crippen LogP contribution is -2.25. The van der Waals surface area contributed by atoms with E-state index in [9.17, 15) is 17.8 Å². The zero-order chi connectivity index (χ0) is 8.65. The van der Waals surface area contributed by atoms with Crippen molar-refractivity contribution in [3.05, 3.63) is 0 Å². The summed E-state index contributed by atoms with van der Waals surface area (Å²) in [5.74, 6) is 0. The van der Waals surface area contributed by atoms with Gasteiger partial charge in [-0.2, -0.15) is 0 Å². The van der Waals surface area contributed by atoms with Crippen LogP contribution in [-0.4, -0.2) is 35.7 Å². The van der Waals surface area contributed by atoms with E-state index in [2.05, 4.69) is 0 Å². The van der Waals surface area contributed by atoms with Crippen molar-refractivity contribution in [2.45, 2.75) is 0 Å². The molecule has 1 heterocycles. The SMILES string of the molecule is CN1CCN(P(=O)(F)F)C1=O. The summed E-state index contributed by atoms with van der Waals surface area (Å²) in [6.45, 7) is 0.0519. The second-order valence-electron chi connectivity index (χ2n) is 2.26. The summed E-state index contributed by atoms with van der Waals surface area (Å²) in [6.07, 6.45) is 0. The molecule has 1 rings (SSSR count). The van der Waals surface area contributed by atoms with E-state index in [0.29, 0.717) is 0 Å². The molecular formula is C4H7F2N2O2P. The first-order valence-electron chi connectivity index (χ1n) is 2.95. The van der Waals surface area contributed by atoms with Gasteiger partial charge in [-0.15, -0.1) is 8.39 Å². The third kappa shape index (κ3) is 1.50. The zero-order valence-corrected chi connectivity index (χ0v) is 6.72. The Balaban J connectivity index is 2.78. The molecular weight excluding hydrogens is 177 g/mol. The maximum atomic E-state index is 12.1. The molecule has 0 saturated carbocycles. The van der Waals surface area contributed by atoms with Crippen LogP contribution in [0.4, 0.5) is 13.2 Å². The summed E-state index contributed by atoms with van der Waals surface area (Å²) in [6, 6.07) is -0.863. The van der Waals surface area contributed by atoms with Crippen molar-refractivity contribution in [2.24, 2.45) is 0 Å². The van der Waals surface area contributed by atoms with Crippen molar-refractivity contribution in [3.8, 4) is 0 Å². The quantitative estimate of drug-likeness (QED) is 0.578. The summed E-state index contributed by atoms with van der Waals surface area (Å²) in [5.41, 5.74) is 0. The summed E-state index contributed by atoms with van der Waals surface area (Å²) < 4.78 is 34.4. The third-order valence-corrected chi connectivity index (χ3v) is 2.41. The van der Waals surface area contributed by atoms with Gasteiger partial charge >= 0.3 is 13.9 Å². The smallest absolute Gasteiger partial charge is 0.326 e. The lowest BCUT2D eigenvalue weighted by atomic mass is 10.7. The summed E-state index contributed by atoms with van der Waals surface area (Å²) in [5, 5.41) is 0. The largest absolute Gasteiger partial charge is 0.514 e. The van der Waals surface area contributed by atoms with Crippen LogP contribution in [0.15, 0.2) is 0 Å². The standard InChI is InChI=1S/C4H7F2N2O2P/c1-7-2-3-8(4(7)9)11(5,6)10/h2-3H2,1H3. The predicted molar refractivity (Wildman–Crippen MR) is 34.6 cm³/mol. The lowest BCUT2D eigenvalue weighted by molar-refractivity contribution is 0.211. The van der Waals surface area contributed by atoms with Crippen LogP contribution >= 0.6 is 7.91 Å². The molecule has 7 heteroatoms. The number of nitrogens with zero attached hydrogens (tertiary/aromatic N) is 2. The van der Waals surface area contributed by atoms with Crippen LogP contribution in [0.3, 0.4) is 0 Å². The molecule has 0 aliphatic carbocycles. The number of halogens is 2. The molecule has 0 radical (unpaired) electrons. The minimum atomic E-state index is -5.36. The Kier molecular flexibility index (Phi) is 1.88. The van der Waals surface area contributed by atoms with E-state index in [1.165, 1.54) is 7.05 Å². The third-order valence-electron chi connectivity index (χ3n) is 1.48. The van der Waals surface area contributed by atoms with E-state index in [1.807, 2.05) is 0 Å². The maximum Gasteiger partial charge on any atom is 0.514 e. The molecule has 4 nitrogen and oxygen atoms in total. The zero-order valence-electron chi connectivity index (χ0n) is 5.83. The Labute approximate surface area is 62.4 Å². The number of hydrogen-bond acceptors (Lipinski definition) is 2. The highest BCUT2D eigenvalue weighted by molar-refractivity contribution is 7.51. The van der Waals surface area contributed by atoms with Gasteiger partial charge in [0.25, 0.3) is 0 Å². The fourth-order valence-electron chi connectivity index (χ4n) is 0.849. The van der Waals surface area contributed by atoms with Crippen molar-refractivity contribution in [2.75, 3.05) is 20.1 Å². The van der Waals surface area contributed by atoms with Crippen molar-refractivity contribution in [3.63, 3.8) is 0 Å². The van der Waals surface area contributed by atoms with Crippen molar-refractivity contribution >= 4 is 13.9 Å². The fraction of sp³-hybridized carbons (Fsp3) is 0.750. The molecule has 64 valence electrons. The number of carbonyl (C=O) groups is 1. The molecule has 0 atom stereocenters. The first kappa shape index (κ1) is 8.46. The van der Waals surface area contributed by atoms with Gasteiger partial charge in [0.2, 0.25) is 0 Å². The summed E-state index contributed by atoms with van der Waals surface area (Å²) >= 11 is 0. The molecule has 11 heavy (non-hydrogen) atoms. The monoisotopic (exact) mass is 184 g/mol. The summed E-state index contributed by atoms with van der Waals surface area (Å²) in [7, 11) is -3.98. The number of rotatable bonds is 1. The molecule has 1 saturated heterocycles. The van der Waals surface area contributed by atoms with Crippen LogP contribution in [0.2, 0.25) is 0 Å². The molecule has 0 spiro atoms. The van der Waals surface area contributed by atoms with Crippen LogP contribution < -0.4 is 0 Å². The average Bonchev–Trinajstić information content (AvgIpc) is 2.11. The Morgan fingerprint density at radius 3 is 2.18 bits per heavy atom. The van der Waals surface area contributed by atoms with Gasteiger partial charge in [-0.1, -0.05) is 0 Å². The van der Waals surface area contributed by atoms with Crippen LogP contribution in [-0.2, 0) is 4.57 Å². The van der Waals surface area contributed by atoms with Crippen molar-refractivity contribution in [1.29, 1.82) is 0 Å². The molecule has 1 aliphatic rings. The molecule has 0 aromatic carbocycles. The van der Waals surface area contributed by atoms with Crippen LogP contribution in [0.25, 0.3) is 0 Å². The van der Waals surface area contributed by atoms with Gasteiger partial charge in [-0.05, 0) is 0 Å². The molecule has 1 fully saturated rings. The second kappa shape index (κ2) is 2.44. The Morgan fingerprint density at radius 1 is 1.45 bits per heavy atom. The van der Waals surface area contributed by atoms with Gasteiger partial charge in [-0.3, -0.25) is 0 Å². The van der Waals surface area contributed by atoms with E-state index in [-0.39, 0.29) is 17.8 Å². The Hall–Kier alpha value is -0.640. The van der Waals surface area contributed by atoms with E-state index >= 15 is 0 Å². The predicted octanol–water partition coefficient (Wildman–Crippen LogP) is 1.40. The first-order valence-corrected chi connectivity index (χ1v) is 4.39. The fourth-order valence-corrected chi connectivity index (χ4v) is 1.52. The lowest BCUT2D eigenvalue weighted by Gasteiger charge is -2.12. The number of likely N-dealkylation sites (N-methyl/N-ethyl adjacent to an activating group) is 1. The summed E-state index contributed by atoms with van der Waals surface area (Å²) in [4.78, 5) is 11.9. The van der Waals surface area contributed by atoms with Crippen molar-refractivity contribution < 1.29 is 17.8 Å². The molecule has 0 aromatic rings. The van der Waals surface area contributed by atoms with Crippen LogP contribution in [0, 0.1) is 0 Å². The molecule has 0 aromatic heterocycles. The minimum absolute atomic E-state index is 0.118. The minimum Gasteiger partial charge on any atom is -0.326 e. The molecule has 1 aliphatic heterocycles. The number of amides is 2. The highest BCUT2D eigenvalue weighted by Gasteiger charge is 2.40. The van der Waals surface area contributed by atoms with Gasteiger partial charge in [0, 0.05) is 13.6 Å². The molecule has 0 N–H and O–H groups in total. The van der Waals surface area contributed by atoms with Gasteiger partial charge in [0.1, 0.15) is 0 Å². The number of urea groups is 1. The second-order valence-corrected chi connectivity index (χ2v) is 3.61. The Morgan fingerprint density at radius 2 is 2.00 bits per heavy atom. The maximum absolute atomic E-state index is 12.1. The van der Waals surface area contributed by atoms with E-state index < -0.39 is 13.9 Å². The van der Waals surface area contributed by atoms with Crippen LogP contribution in [0.5, 0.6) is 0 Å². The van der Waals surface area contributed by atoms with E-state index in [1.54, 1.807) is 0 Å². The number of carbonyl (C=O) groups excluding carboxylic acids is 1. The normalized spacial score (nSPS) is 19.7. The van der Waals surface area contributed by atoms with E-state index in [4.69, 9.17) is 0 Å².